The molecule has 4 nitrogen and oxygen atoms in total. The van der Waals surface area contributed by atoms with Crippen molar-refractivity contribution < 1.29 is 4.79 Å². The molecule has 0 bridgehead atoms. The van der Waals surface area contributed by atoms with Crippen molar-refractivity contribution >= 4 is 34.6 Å². The molecule has 0 unspecified atom stereocenters. The summed E-state index contributed by atoms with van der Waals surface area (Å²) in [6, 6.07) is 10.7. The maximum absolute atomic E-state index is 11.6. The molecule has 0 aliphatic heterocycles. The highest BCUT2D eigenvalue weighted by Gasteiger charge is 2.09. The van der Waals surface area contributed by atoms with E-state index >= 15 is 0 Å². The van der Waals surface area contributed by atoms with Gasteiger partial charge >= 0.3 is 0 Å². The summed E-state index contributed by atoms with van der Waals surface area (Å²) in [5.41, 5.74) is 9.52. The Morgan fingerprint density at radius 3 is 2.65 bits per heavy atom. The number of carbonyl (C=O) groups is 1. The van der Waals surface area contributed by atoms with E-state index in [9.17, 15) is 4.79 Å². The predicted octanol–water partition coefficient (Wildman–Crippen LogP) is 3.33. The van der Waals surface area contributed by atoms with E-state index in [0.29, 0.717) is 22.0 Å². The second-order valence-electron chi connectivity index (χ2n) is 4.42. The number of anilines is 3. The lowest BCUT2D eigenvalue weighted by Crippen LogP contribution is -2.18. The number of amides is 1. The van der Waals surface area contributed by atoms with E-state index in [1.807, 2.05) is 25.1 Å². The average Bonchev–Trinajstić information content (AvgIpc) is 2.45. The van der Waals surface area contributed by atoms with Crippen LogP contribution in [0.15, 0.2) is 36.4 Å². The third kappa shape index (κ3) is 2.86. The molecule has 2 aromatic rings. The molecule has 0 heterocycles. The summed E-state index contributed by atoms with van der Waals surface area (Å²) in [5, 5.41) is 6.47. The van der Waals surface area contributed by atoms with Crippen molar-refractivity contribution in [3.63, 3.8) is 0 Å². The molecule has 0 saturated heterocycles. The van der Waals surface area contributed by atoms with E-state index in [4.69, 9.17) is 17.3 Å². The Morgan fingerprint density at radius 1 is 1.20 bits per heavy atom. The summed E-state index contributed by atoms with van der Waals surface area (Å²) in [6.07, 6.45) is 0. The molecule has 20 heavy (non-hydrogen) atoms. The zero-order valence-corrected chi connectivity index (χ0v) is 12.1. The van der Waals surface area contributed by atoms with Crippen LogP contribution >= 0.6 is 11.6 Å². The van der Waals surface area contributed by atoms with Gasteiger partial charge in [-0.15, -0.1) is 0 Å². The molecule has 4 N–H and O–H groups in total. The van der Waals surface area contributed by atoms with E-state index < -0.39 is 0 Å². The molecule has 0 atom stereocenters. The number of hydrogen-bond donors (Lipinski definition) is 3. The normalized spacial score (nSPS) is 10.2. The average molecular weight is 290 g/mol. The summed E-state index contributed by atoms with van der Waals surface area (Å²) >= 11 is 6.09. The van der Waals surface area contributed by atoms with Gasteiger partial charge in [0.15, 0.2) is 0 Å². The van der Waals surface area contributed by atoms with E-state index in [1.165, 1.54) is 0 Å². The first-order valence-corrected chi connectivity index (χ1v) is 6.54. The summed E-state index contributed by atoms with van der Waals surface area (Å²) < 4.78 is 0. The topological polar surface area (TPSA) is 67.2 Å². The molecule has 1 amide bonds. The molecule has 0 aliphatic carbocycles. The lowest BCUT2D eigenvalue weighted by atomic mass is 10.1. The van der Waals surface area contributed by atoms with Gasteiger partial charge in [-0.05, 0) is 42.8 Å². The zero-order valence-electron chi connectivity index (χ0n) is 11.3. The Morgan fingerprint density at radius 2 is 1.95 bits per heavy atom. The molecule has 2 rings (SSSR count). The lowest BCUT2D eigenvalue weighted by Gasteiger charge is -2.13. The van der Waals surface area contributed by atoms with Crippen LogP contribution in [0.5, 0.6) is 0 Å². The van der Waals surface area contributed by atoms with Gasteiger partial charge < -0.3 is 16.4 Å². The maximum atomic E-state index is 11.6. The first-order valence-electron chi connectivity index (χ1n) is 6.16. The molecule has 0 fully saturated rings. The van der Waals surface area contributed by atoms with Crippen molar-refractivity contribution in [3.8, 4) is 0 Å². The highest BCUT2D eigenvalue weighted by Crippen LogP contribution is 2.29. The largest absolute Gasteiger partial charge is 0.397 e. The molecule has 0 spiro atoms. The Balaban J connectivity index is 2.38. The van der Waals surface area contributed by atoms with Gasteiger partial charge in [-0.2, -0.15) is 0 Å². The van der Waals surface area contributed by atoms with E-state index in [2.05, 4.69) is 10.6 Å². The number of nitrogens with one attached hydrogen (secondary N) is 2. The number of benzene rings is 2. The summed E-state index contributed by atoms with van der Waals surface area (Å²) in [7, 11) is 1.59. The maximum Gasteiger partial charge on any atom is 0.251 e. The van der Waals surface area contributed by atoms with Crippen LogP contribution in [0.3, 0.4) is 0 Å². The Bertz CT molecular complexity index is 656. The fourth-order valence-electron chi connectivity index (χ4n) is 1.84. The second kappa shape index (κ2) is 5.84. The van der Waals surface area contributed by atoms with Crippen molar-refractivity contribution in [1.82, 2.24) is 5.32 Å². The number of nitrogens with two attached hydrogens (primary N) is 1. The number of halogens is 1. The fraction of sp³-hybridized carbons (Fsp3) is 0.133. The van der Waals surface area contributed by atoms with Crippen molar-refractivity contribution in [1.29, 1.82) is 0 Å². The van der Waals surface area contributed by atoms with Crippen LogP contribution in [0.4, 0.5) is 17.1 Å². The van der Waals surface area contributed by atoms with Gasteiger partial charge in [-0.25, -0.2) is 0 Å². The van der Waals surface area contributed by atoms with Crippen LogP contribution in [0.25, 0.3) is 0 Å². The Kier molecular flexibility index (Phi) is 4.15. The Hall–Kier alpha value is -2.20. The van der Waals surface area contributed by atoms with Crippen LogP contribution in [-0.2, 0) is 0 Å². The number of rotatable bonds is 3. The van der Waals surface area contributed by atoms with Gasteiger partial charge in [0.1, 0.15) is 0 Å². The number of nitrogen functional groups attached to an aromatic ring is 1. The predicted molar refractivity (Wildman–Crippen MR) is 83.7 cm³/mol. The standard InChI is InChI=1S/C15H16ClN3O/c1-9-11(16)4-3-5-13(9)19-14-8-10(15(20)18-2)6-7-12(14)17/h3-8,19H,17H2,1-2H3,(H,18,20). The molecule has 104 valence electrons. The van der Waals surface area contributed by atoms with Gasteiger partial charge in [0.25, 0.3) is 5.91 Å². The highest BCUT2D eigenvalue weighted by molar-refractivity contribution is 6.31. The molecule has 5 heteroatoms. The molecule has 0 aliphatic rings. The van der Waals surface area contributed by atoms with E-state index in [0.717, 1.165) is 11.3 Å². The smallest absolute Gasteiger partial charge is 0.251 e. The fourth-order valence-corrected chi connectivity index (χ4v) is 2.01. The van der Waals surface area contributed by atoms with Gasteiger partial charge in [0.05, 0.1) is 11.4 Å². The minimum Gasteiger partial charge on any atom is -0.397 e. The third-order valence-electron chi connectivity index (χ3n) is 3.08. The van der Waals surface area contributed by atoms with Crippen LogP contribution in [-0.4, -0.2) is 13.0 Å². The van der Waals surface area contributed by atoms with Gasteiger partial charge in [0, 0.05) is 23.3 Å². The van der Waals surface area contributed by atoms with E-state index in [1.54, 1.807) is 25.2 Å². The van der Waals surface area contributed by atoms with Gasteiger partial charge in [-0.3, -0.25) is 4.79 Å². The molecule has 0 saturated carbocycles. The monoisotopic (exact) mass is 289 g/mol. The van der Waals surface area contributed by atoms with Crippen LogP contribution in [0.1, 0.15) is 15.9 Å². The van der Waals surface area contributed by atoms with Crippen LogP contribution in [0, 0.1) is 6.92 Å². The minimum absolute atomic E-state index is 0.157. The lowest BCUT2D eigenvalue weighted by molar-refractivity contribution is 0.0963. The summed E-state index contributed by atoms with van der Waals surface area (Å²) in [5.74, 6) is -0.157. The first-order chi connectivity index (χ1) is 9.52. The van der Waals surface area contributed by atoms with Gasteiger partial charge in [-0.1, -0.05) is 17.7 Å². The Labute approximate surface area is 122 Å². The zero-order chi connectivity index (χ0) is 14.7. The molecular formula is C15H16ClN3O. The van der Waals surface area contributed by atoms with Crippen LogP contribution < -0.4 is 16.4 Å². The molecule has 0 aromatic heterocycles. The SMILES string of the molecule is CNC(=O)c1ccc(N)c(Nc2cccc(Cl)c2C)c1. The van der Waals surface area contributed by atoms with Crippen molar-refractivity contribution in [2.24, 2.45) is 0 Å². The summed E-state index contributed by atoms with van der Waals surface area (Å²) in [4.78, 5) is 11.6. The van der Waals surface area contributed by atoms with Crippen molar-refractivity contribution in [2.75, 3.05) is 18.1 Å². The number of carbonyl (C=O) groups excluding carboxylic acids is 1. The second-order valence-corrected chi connectivity index (χ2v) is 4.83. The third-order valence-corrected chi connectivity index (χ3v) is 3.49. The van der Waals surface area contributed by atoms with E-state index in [-0.39, 0.29) is 5.91 Å². The number of hydrogen-bond acceptors (Lipinski definition) is 3. The van der Waals surface area contributed by atoms with Crippen molar-refractivity contribution in [2.45, 2.75) is 6.92 Å². The molecular weight excluding hydrogens is 274 g/mol. The minimum atomic E-state index is -0.157. The quantitative estimate of drug-likeness (QED) is 0.759. The molecule has 0 radical (unpaired) electrons. The highest BCUT2D eigenvalue weighted by atomic mass is 35.5. The molecule has 2 aromatic carbocycles. The first kappa shape index (κ1) is 14.2. The summed E-state index contributed by atoms with van der Waals surface area (Å²) in [6.45, 7) is 1.92. The van der Waals surface area contributed by atoms with Crippen LogP contribution in [0.2, 0.25) is 5.02 Å². The van der Waals surface area contributed by atoms with Gasteiger partial charge in [0.2, 0.25) is 0 Å². The van der Waals surface area contributed by atoms with Crippen molar-refractivity contribution in [3.05, 3.63) is 52.5 Å².